The maximum absolute atomic E-state index is 10.5. The van der Waals surface area contributed by atoms with Crippen molar-refractivity contribution in [1.29, 1.82) is 0 Å². The van der Waals surface area contributed by atoms with Gasteiger partial charge in [-0.05, 0) is 31.6 Å². The number of aliphatic carboxylic acids is 1. The molecule has 0 aromatic carbocycles. The molecule has 5 heteroatoms. The van der Waals surface area contributed by atoms with E-state index in [0.717, 1.165) is 31.6 Å². The van der Waals surface area contributed by atoms with Crippen molar-refractivity contribution in [3.63, 3.8) is 0 Å². The summed E-state index contributed by atoms with van der Waals surface area (Å²) in [6, 6.07) is 0.221. The normalized spacial score (nSPS) is 27.5. The summed E-state index contributed by atoms with van der Waals surface area (Å²) in [6.07, 6.45) is 5.59. The van der Waals surface area contributed by atoms with Crippen molar-refractivity contribution in [1.82, 2.24) is 5.01 Å². The highest BCUT2D eigenvalue weighted by Crippen LogP contribution is 2.25. The molecule has 0 saturated heterocycles. The van der Waals surface area contributed by atoms with Crippen LogP contribution in [-0.2, 0) is 4.79 Å². The molecule has 0 unspecified atom stereocenters. The largest absolute Gasteiger partial charge is 0.477 e. The van der Waals surface area contributed by atoms with Crippen LogP contribution in [0.3, 0.4) is 0 Å². The van der Waals surface area contributed by atoms with E-state index >= 15 is 0 Å². The van der Waals surface area contributed by atoms with Crippen LogP contribution in [0.5, 0.6) is 0 Å². The fraction of sp³-hybridized carbons (Fsp3) is 0.700. The Morgan fingerprint density at radius 2 is 1.93 bits per heavy atom. The second-order valence-corrected chi connectivity index (χ2v) is 4.25. The van der Waals surface area contributed by atoms with Crippen LogP contribution in [0, 0.1) is 5.92 Å². The van der Waals surface area contributed by atoms with E-state index in [-0.39, 0.29) is 11.7 Å². The van der Waals surface area contributed by atoms with Crippen LogP contribution in [0.1, 0.15) is 32.6 Å². The third kappa shape index (κ3) is 3.43. The average molecular weight is 213 g/mol. The molecule has 86 valence electrons. The number of hydrogen-bond acceptors (Lipinski definition) is 4. The van der Waals surface area contributed by atoms with Crippen LogP contribution in [0.15, 0.2) is 11.9 Å². The molecule has 0 heterocycles. The lowest BCUT2D eigenvalue weighted by atomic mass is 9.87. The third-order valence-electron chi connectivity index (χ3n) is 2.94. The first-order chi connectivity index (χ1) is 7.00. The highest BCUT2D eigenvalue weighted by molar-refractivity contribution is 5.85. The third-order valence-corrected chi connectivity index (χ3v) is 2.94. The molecule has 5 nitrogen and oxygen atoms in total. The lowest BCUT2D eigenvalue weighted by Crippen LogP contribution is -2.40. The predicted molar refractivity (Wildman–Crippen MR) is 57.4 cm³/mol. The first-order valence-corrected chi connectivity index (χ1v) is 5.24. The summed E-state index contributed by atoms with van der Waals surface area (Å²) in [5.74, 6) is 5.36. The Morgan fingerprint density at radius 1 is 1.40 bits per heavy atom. The van der Waals surface area contributed by atoms with Gasteiger partial charge in [0.25, 0.3) is 0 Å². The number of hydrazine groups is 1. The van der Waals surface area contributed by atoms with Crippen LogP contribution in [0.4, 0.5) is 0 Å². The maximum atomic E-state index is 10.5. The van der Waals surface area contributed by atoms with Gasteiger partial charge in [0.05, 0.1) is 0 Å². The number of hydrogen-bond donors (Lipinski definition) is 3. The van der Waals surface area contributed by atoms with E-state index in [2.05, 4.69) is 6.92 Å². The predicted octanol–water partition coefficient (Wildman–Crippen LogP) is 0.625. The van der Waals surface area contributed by atoms with Crippen LogP contribution >= 0.6 is 0 Å². The summed E-state index contributed by atoms with van der Waals surface area (Å²) in [5, 5.41) is 10.0. The highest BCUT2D eigenvalue weighted by Gasteiger charge is 2.21. The minimum Gasteiger partial charge on any atom is -0.477 e. The summed E-state index contributed by atoms with van der Waals surface area (Å²) in [5.41, 5.74) is 5.08. The molecular weight excluding hydrogens is 194 g/mol. The van der Waals surface area contributed by atoms with Gasteiger partial charge in [-0.2, -0.15) is 0 Å². The maximum Gasteiger partial charge on any atom is 0.353 e. The Hall–Kier alpha value is -1.23. The van der Waals surface area contributed by atoms with E-state index in [9.17, 15) is 4.79 Å². The lowest BCUT2D eigenvalue weighted by molar-refractivity contribution is -0.132. The van der Waals surface area contributed by atoms with E-state index in [1.54, 1.807) is 0 Å². The topological polar surface area (TPSA) is 92.6 Å². The van der Waals surface area contributed by atoms with Gasteiger partial charge in [-0.25, -0.2) is 10.6 Å². The number of carboxylic acids is 1. The second-order valence-electron chi connectivity index (χ2n) is 4.25. The van der Waals surface area contributed by atoms with E-state index in [1.807, 2.05) is 0 Å². The van der Waals surface area contributed by atoms with Crippen LogP contribution in [0.25, 0.3) is 0 Å². The van der Waals surface area contributed by atoms with Crippen molar-refractivity contribution in [2.24, 2.45) is 17.5 Å². The van der Waals surface area contributed by atoms with Gasteiger partial charge in [-0.3, -0.25) is 0 Å². The summed E-state index contributed by atoms with van der Waals surface area (Å²) in [6.45, 7) is 2.22. The molecule has 0 aliphatic heterocycles. The van der Waals surface area contributed by atoms with Gasteiger partial charge in [0, 0.05) is 12.2 Å². The van der Waals surface area contributed by atoms with Crippen molar-refractivity contribution in [2.75, 3.05) is 0 Å². The van der Waals surface area contributed by atoms with E-state index in [0.29, 0.717) is 0 Å². The zero-order valence-corrected chi connectivity index (χ0v) is 9.02. The van der Waals surface area contributed by atoms with Crippen molar-refractivity contribution < 1.29 is 9.90 Å². The van der Waals surface area contributed by atoms with E-state index in [4.69, 9.17) is 16.7 Å². The number of carboxylic acid groups (broad SMARTS) is 1. The van der Waals surface area contributed by atoms with Gasteiger partial charge in [0.1, 0.15) is 5.70 Å². The standard InChI is InChI=1S/C10H19N3O2/c1-7-2-4-8(5-3-7)13(12)6-9(11)10(14)15/h6-8H,2-5,11-12H2,1H3,(H,14,15)/b9-6-. The Bertz CT molecular complexity index is 257. The monoisotopic (exact) mass is 213 g/mol. The zero-order valence-electron chi connectivity index (χ0n) is 9.02. The van der Waals surface area contributed by atoms with Crippen LogP contribution in [-0.4, -0.2) is 22.1 Å². The lowest BCUT2D eigenvalue weighted by Gasteiger charge is -2.32. The molecule has 1 aliphatic rings. The zero-order chi connectivity index (χ0) is 11.4. The van der Waals surface area contributed by atoms with Gasteiger partial charge in [-0.1, -0.05) is 6.92 Å². The molecule has 15 heavy (non-hydrogen) atoms. The molecule has 0 bridgehead atoms. The minimum absolute atomic E-state index is 0.212. The smallest absolute Gasteiger partial charge is 0.353 e. The molecule has 1 rings (SSSR count). The summed E-state index contributed by atoms with van der Waals surface area (Å²) in [7, 11) is 0. The van der Waals surface area contributed by atoms with Gasteiger partial charge in [-0.15, -0.1) is 0 Å². The highest BCUT2D eigenvalue weighted by atomic mass is 16.4. The molecule has 0 spiro atoms. The average Bonchev–Trinajstić information content (AvgIpc) is 2.18. The Morgan fingerprint density at radius 3 is 2.40 bits per heavy atom. The first-order valence-electron chi connectivity index (χ1n) is 5.24. The fourth-order valence-electron chi connectivity index (χ4n) is 1.86. The van der Waals surface area contributed by atoms with Crippen molar-refractivity contribution >= 4 is 5.97 Å². The van der Waals surface area contributed by atoms with E-state index in [1.165, 1.54) is 11.2 Å². The van der Waals surface area contributed by atoms with Crippen molar-refractivity contribution in [3.05, 3.63) is 11.9 Å². The number of rotatable bonds is 3. The van der Waals surface area contributed by atoms with Crippen molar-refractivity contribution in [2.45, 2.75) is 38.6 Å². The van der Waals surface area contributed by atoms with Gasteiger partial charge in [0.15, 0.2) is 0 Å². The fourth-order valence-corrected chi connectivity index (χ4v) is 1.86. The quantitative estimate of drug-likeness (QED) is 0.363. The molecule has 0 atom stereocenters. The molecule has 1 fully saturated rings. The molecular formula is C10H19N3O2. The SMILES string of the molecule is CC1CCC(N(N)/C=C(\N)C(=O)O)CC1. The molecule has 1 aliphatic carbocycles. The molecule has 0 aromatic rings. The van der Waals surface area contributed by atoms with Gasteiger partial charge < -0.3 is 15.8 Å². The number of nitrogens with zero attached hydrogens (tertiary/aromatic N) is 1. The van der Waals surface area contributed by atoms with Crippen molar-refractivity contribution in [3.8, 4) is 0 Å². The molecule has 0 amide bonds. The molecule has 0 radical (unpaired) electrons. The van der Waals surface area contributed by atoms with Gasteiger partial charge in [0.2, 0.25) is 0 Å². The minimum atomic E-state index is -1.13. The summed E-state index contributed by atoms with van der Waals surface area (Å²) < 4.78 is 0. The molecule has 1 saturated carbocycles. The molecule has 5 N–H and O–H groups in total. The Kier molecular flexibility index (Phi) is 3.96. The number of carbonyl (C=O) groups is 1. The van der Waals surface area contributed by atoms with Crippen LogP contribution < -0.4 is 11.6 Å². The Balaban J connectivity index is 2.50. The van der Waals surface area contributed by atoms with E-state index < -0.39 is 5.97 Å². The van der Waals surface area contributed by atoms with Gasteiger partial charge >= 0.3 is 5.97 Å². The summed E-state index contributed by atoms with van der Waals surface area (Å²) in [4.78, 5) is 10.5. The molecule has 0 aromatic heterocycles. The number of nitrogens with two attached hydrogens (primary N) is 2. The van der Waals surface area contributed by atoms with Crippen LogP contribution in [0.2, 0.25) is 0 Å². The second kappa shape index (κ2) is 5.02. The summed E-state index contributed by atoms with van der Waals surface area (Å²) >= 11 is 0. The Labute approximate surface area is 89.7 Å². The first kappa shape index (κ1) is 11.8.